The van der Waals surface area contributed by atoms with Gasteiger partial charge in [-0.3, -0.25) is 0 Å². The van der Waals surface area contributed by atoms with E-state index in [9.17, 15) is 0 Å². The van der Waals surface area contributed by atoms with E-state index in [2.05, 4.69) is 44.2 Å². The monoisotopic (exact) mass is 214 g/mol. The number of nitrogens with zero attached hydrogens (tertiary/aromatic N) is 2. The third-order valence-corrected chi connectivity index (χ3v) is 2.80. The SMILES string of the molecule is CCc1nn(-c2ccccc2)cc1C(C)C. The van der Waals surface area contributed by atoms with Crippen LogP contribution in [-0.4, -0.2) is 9.78 Å². The average Bonchev–Trinajstić information content (AvgIpc) is 2.74. The topological polar surface area (TPSA) is 17.8 Å². The Bertz CT molecular complexity index is 455. The largest absolute Gasteiger partial charge is 0.240 e. The van der Waals surface area contributed by atoms with Gasteiger partial charge in [0.15, 0.2) is 0 Å². The first kappa shape index (κ1) is 10.9. The van der Waals surface area contributed by atoms with Crippen LogP contribution in [0.3, 0.4) is 0 Å². The smallest absolute Gasteiger partial charge is 0.0660 e. The summed E-state index contributed by atoms with van der Waals surface area (Å²) in [5, 5.41) is 4.64. The maximum atomic E-state index is 4.64. The molecule has 0 spiro atoms. The fraction of sp³-hybridized carbons (Fsp3) is 0.357. The molecule has 2 heteroatoms. The van der Waals surface area contributed by atoms with Crippen LogP contribution in [-0.2, 0) is 6.42 Å². The summed E-state index contributed by atoms with van der Waals surface area (Å²) in [6, 6.07) is 10.3. The lowest BCUT2D eigenvalue weighted by Crippen LogP contribution is -1.94. The molecule has 0 unspecified atom stereocenters. The summed E-state index contributed by atoms with van der Waals surface area (Å²) in [6.45, 7) is 6.58. The molecule has 2 rings (SSSR count). The molecule has 84 valence electrons. The standard InChI is InChI=1S/C14H18N2/c1-4-14-13(11(2)3)10-16(15-14)12-8-6-5-7-9-12/h5-11H,4H2,1-3H3. The maximum Gasteiger partial charge on any atom is 0.0660 e. The van der Waals surface area contributed by atoms with Gasteiger partial charge in [-0.1, -0.05) is 39.0 Å². The lowest BCUT2D eigenvalue weighted by Gasteiger charge is -2.01. The van der Waals surface area contributed by atoms with Gasteiger partial charge in [0.2, 0.25) is 0 Å². The van der Waals surface area contributed by atoms with E-state index >= 15 is 0 Å². The molecule has 2 aromatic rings. The molecule has 0 amide bonds. The van der Waals surface area contributed by atoms with Gasteiger partial charge in [-0.15, -0.1) is 0 Å². The van der Waals surface area contributed by atoms with E-state index < -0.39 is 0 Å². The number of rotatable bonds is 3. The van der Waals surface area contributed by atoms with Crippen LogP contribution in [0.5, 0.6) is 0 Å². The first-order valence-corrected chi connectivity index (χ1v) is 5.86. The van der Waals surface area contributed by atoms with Gasteiger partial charge in [0.1, 0.15) is 0 Å². The fourth-order valence-electron chi connectivity index (χ4n) is 1.89. The molecule has 0 bridgehead atoms. The van der Waals surface area contributed by atoms with Crippen molar-refractivity contribution >= 4 is 0 Å². The Balaban J connectivity index is 2.44. The summed E-state index contributed by atoms with van der Waals surface area (Å²) in [7, 11) is 0. The number of aromatic nitrogens is 2. The van der Waals surface area contributed by atoms with E-state index in [0.717, 1.165) is 12.1 Å². The van der Waals surface area contributed by atoms with E-state index in [0.29, 0.717) is 5.92 Å². The zero-order valence-electron chi connectivity index (χ0n) is 10.1. The molecule has 0 saturated heterocycles. The zero-order chi connectivity index (χ0) is 11.5. The van der Waals surface area contributed by atoms with Gasteiger partial charge < -0.3 is 0 Å². The van der Waals surface area contributed by atoms with Crippen LogP contribution < -0.4 is 0 Å². The maximum absolute atomic E-state index is 4.64. The minimum absolute atomic E-state index is 0.535. The number of benzene rings is 1. The highest BCUT2D eigenvalue weighted by Gasteiger charge is 2.10. The molecule has 0 atom stereocenters. The Kier molecular flexibility index (Phi) is 3.09. The van der Waals surface area contributed by atoms with Crippen LogP contribution in [0.4, 0.5) is 0 Å². The molecule has 2 nitrogen and oxygen atoms in total. The van der Waals surface area contributed by atoms with Crippen LogP contribution in [0, 0.1) is 0 Å². The predicted octanol–water partition coefficient (Wildman–Crippen LogP) is 3.56. The number of para-hydroxylation sites is 1. The van der Waals surface area contributed by atoms with Gasteiger partial charge >= 0.3 is 0 Å². The lowest BCUT2D eigenvalue weighted by molar-refractivity contribution is 0.830. The van der Waals surface area contributed by atoms with Crippen molar-refractivity contribution in [3.63, 3.8) is 0 Å². The van der Waals surface area contributed by atoms with Crippen molar-refractivity contribution in [2.75, 3.05) is 0 Å². The van der Waals surface area contributed by atoms with E-state index in [1.54, 1.807) is 0 Å². The summed E-state index contributed by atoms with van der Waals surface area (Å²) in [4.78, 5) is 0. The molecule has 0 radical (unpaired) electrons. The normalized spacial score (nSPS) is 11.0. The highest BCUT2D eigenvalue weighted by atomic mass is 15.3. The van der Waals surface area contributed by atoms with E-state index in [1.807, 2.05) is 22.9 Å². The Hall–Kier alpha value is -1.57. The minimum atomic E-state index is 0.535. The summed E-state index contributed by atoms with van der Waals surface area (Å²) < 4.78 is 1.98. The number of hydrogen-bond donors (Lipinski definition) is 0. The van der Waals surface area contributed by atoms with Crippen molar-refractivity contribution in [3.8, 4) is 5.69 Å². The number of aryl methyl sites for hydroxylation is 1. The predicted molar refractivity (Wildman–Crippen MR) is 67.0 cm³/mol. The van der Waals surface area contributed by atoms with Crippen LogP contribution >= 0.6 is 0 Å². The Morgan fingerprint density at radius 2 is 1.88 bits per heavy atom. The average molecular weight is 214 g/mol. The third kappa shape index (κ3) is 2.01. The molecule has 0 aliphatic rings. The summed E-state index contributed by atoms with van der Waals surface area (Å²) in [5.74, 6) is 0.535. The van der Waals surface area contributed by atoms with E-state index in [4.69, 9.17) is 0 Å². The van der Waals surface area contributed by atoms with Crippen molar-refractivity contribution < 1.29 is 0 Å². The molecule has 0 aliphatic carbocycles. The van der Waals surface area contributed by atoms with E-state index in [-0.39, 0.29) is 0 Å². The summed E-state index contributed by atoms with van der Waals surface area (Å²) >= 11 is 0. The Morgan fingerprint density at radius 3 is 2.38 bits per heavy atom. The van der Waals surface area contributed by atoms with Crippen molar-refractivity contribution in [2.24, 2.45) is 0 Å². The molecule has 1 aromatic heterocycles. The molecule has 0 saturated carbocycles. The Morgan fingerprint density at radius 1 is 1.19 bits per heavy atom. The second-order valence-electron chi connectivity index (χ2n) is 4.32. The Labute approximate surface area is 96.9 Å². The van der Waals surface area contributed by atoms with Crippen molar-refractivity contribution in [1.29, 1.82) is 0 Å². The van der Waals surface area contributed by atoms with Crippen LogP contribution in [0.1, 0.15) is 37.9 Å². The highest BCUT2D eigenvalue weighted by molar-refractivity contribution is 5.33. The zero-order valence-corrected chi connectivity index (χ0v) is 10.1. The van der Waals surface area contributed by atoms with Crippen molar-refractivity contribution in [1.82, 2.24) is 9.78 Å². The summed E-state index contributed by atoms with van der Waals surface area (Å²) in [5.41, 5.74) is 3.69. The second kappa shape index (κ2) is 4.52. The van der Waals surface area contributed by atoms with Gasteiger partial charge in [-0.05, 0) is 30.0 Å². The molecular weight excluding hydrogens is 196 g/mol. The quantitative estimate of drug-likeness (QED) is 0.764. The van der Waals surface area contributed by atoms with Crippen LogP contribution in [0.25, 0.3) is 5.69 Å². The van der Waals surface area contributed by atoms with Crippen molar-refractivity contribution in [2.45, 2.75) is 33.1 Å². The second-order valence-corrected chi connectivity index (χ2v) is 4.32. The fourth-order valence-corrected chi connectivity index (χ4v) is 1.89. The van der Waals surface area contributed by atoms with Gasteiger partial charge in [0.05, 0.1) is 11.4 Å². The van der Waals surface area contributed by atoms with E-state index in [1.165, 1.54) is 11.3 Å². The van der Waals surface area contributed by atoms with Gasteiger partial charge in [0.25, 0.3) is 0 Å². The van der Waals surface area contributed by atoms with Gasteiger partial charge in [-0.25, -0.2) is 4.68 Å². The first-order chi connectivity index (χ1) is 7.72. The molecule has 1 heterocycles. The number of hydrogen-bond acceptors (Lipinski definition) is 1. The molecule has 1 aromatic carbocycles. The van der Waals surface area contributed by atoms with Crippen molar-refractivity contribution in [3.05, 3.63) is 47.8 Å². The molecule has 0 aliphatic heterocycles. The molecule has 0 N–H and O–H groups in total. The van der Waals surface area contributed by atoms with Gasteiger partial charge in [0, 0.05) is 6.20 Å². The minimum Gasteiger partial charge on any atom is -0.240 e. The third-order valence-electron chi connectivity index (χ3n) is 2.80. The summed E-state index contributed by atoms with van der Waals surface area (Å²) in [6.07, 6.45) is 3.15. The molecule has 16 heavy (non-hydrogen) atoms. The molecule has 0 fully saturated rings. The first-order valence-electron chi connectivity index (χ1n) is 5.86. The molecular formula is C14H18N2. The van der Waals surface area contributed by atoms with Gasteiger partial charge in [-0.2, -0.15) is 5.10 Å². The van der Waals surface area contributed by atoms with Crippen LogP contribution in [0.15, 0.2) is 36.5 Å². The highest BCUT2D eigenvalue weighted by Crippen LogP contribution is 2.20. The lowest BCUT2D eigenvalue weighted by atomic mass is 10.0. The van der Waals surface area contributed by atoms with Crippen LogP contribution in [0.2, 0.25) is 0 Å².